The van der Waals surface area contributed by atoms with Gasteiger partial charge in [-0.3, -0.25) is 0 Å². The lowest BCUT2D eigenvalue weighted by atomic mass is 10.2. The van der Waals surface area contributed by atoms with Gasteiger partial charge in [-0.25, -0.2) is 9.67 Å². The van der Waals surface area contributed by atoms with Gasteiger partial charge in [-0.15, -0.1) is 0 Å². The average Bonchev–Trinajstić information content (AvgIpc) is 2.62. The second-order valence-corrected chi connectivity index (χ2v) is 6.14. The van der Waals surface area contributed by atoms with Crippen molar-refractivity contribution in [3.05, 3.63) is 0 Å². The van der Waals surface area contributed by atoms with E-state index in [4.69, 9.17) is 4.74 Å². The molecule has 2 heterocycles. The van der Waals surface area contributed by atoms with Crippen LogP contribution in [0.1, 0.15) is 20.8 Å². The third-order valence-electron chi connectivity index (χ3n) is 2.28. The lowest BCUT2D eigenvalue weighted by Crippen LogP contribution is -2.24. The van der Waals surface area contributed by atoms with E-state index in [9.17, 15) is 9.90 Å². The van der Waals surface area contributed by atoms with Gasteiger partial charge in [0.05, 0.1) is 5.75 Å². The van der Waals surface area contributed by atoms with Crippen molar-refractivity contribution in [2.45, 2.75) is 31.5 Å². The van der Waals surface area contributed by atoms with E-state index in [2.05, 4.69) is 15.1 Å². The first-order valence-corrected chi connectivity index (χ1v) is 6.99. The molecule has 2 aromatic heterocycles. The summed E-state index contributed by atoms with van der Waals surface area (Å²) in [7, 11) is 1.61. The summed E-state index contributed by atoms with van der Waals surface area (Å²) in [5.41, 5.74) is 0.256. The topological polar surface area (TPSA) is 90.1 Å². The van der Waals surface area contributed by atoms with E-state index < -0.39 is 5.60 Å². The number of ether oxygens (including phenoxy) is 1. The lowest BCUT2D eigenvalue weighted by Gasteiger charge is -2.20. The van der Waals surface area contributed by atoms with Crippen LogP contribution in [0, 0.1) is 0 Å². The van der Waals surface area contributed by atoms with Gasteiger partial charge in [0, 0.05) is 7.05 Å². The van der Waals surface area contributed by atoms with Crippen LogP contribution in [0.15, 0.2) is 5.16 Å². The van der Waals surface area contributed by atoms with Crippen molar-refractivity contribution in [3.63, 3.8) is 0 Å². The maximum Gasteiger partial charge on any atom is 0.247 e. The quantitative estimate of drug-likeness (QED) is 0.520. The molecule has 0 saturated carbocycles. The fourth-order valence-corrected chi connectivity index (χ4v) is 2.07. The van der Waals surface area contributed by atoms with Crippen molar-refractivity contribution in [1.29, 1.82) is 0 Å². The first-order valence-electron chi connectivity index (χ1n) is 6.01. The molecule has 108 valence electrons. The number of aryl methyl sites for hydroxylation is 1. The molecule has 0 spiro atoms. The van der Waals surface area contributed by atoms with Crippen LogP contribution in [-0.2, 0) is 11.8 Å². The Morgan fingerprint density at radius 2 is 2.05 bits per heavy atom. The van der Waals surface area contributed by atoms with Crippen LogP contribution in [0.4, 0.5) is 0 Å². The van der Waals surface area contributed by atoms with E-state index in [0.717, 1.165) is 6.29 Å². The third-order valence-corrected chi connectivity index (χ3v) is 3.03. The molecule has 2 aromatic rings. The van der Waals surface area contributed by atoms with Gasteiger partial charge in [-0.05, 0) is 20.8 Å². The number of aromatic nitrogens is 4. The van der Waals surface area contributed by atoms with Crippen molar-refractivity contribution < 1.29 is 14.6 Å². The Hall–Kier alpha value is -1.83. The molecule has 0 aromatic carbocycles. The number of thioether (sulfide) groups is 1. The molecule has 1 N–H and O–H groups in total. The second-order valence-electron chi connectivity index (χ2n) is 5.15. The highest BCUT2D eigenvalue weighted by molar-refractivity contribution is 7.99. The van der Waals surface area contributed by atoms with Crippen molar-refractivity contribution in [2.24, 2.45) is 7.05 Å². The Kier molecular flexibility index (Phi) is 3.85. The third kappa shape index (κ3) is 3.01. The molecule has 0 saturated heterocycles. The van der Waals surface area contributed by atoms with Crippen LogP contribution in [0.5, 0.6) is 11.8 Å². The normalized spacial score (nSPS) is 11.8. The number of carbonyl (C=O) groups is 1. The molecule has 20 heavy (non-hydrogen) atoms. The van der Waals surface area contributed by atoms with Gasteiger partial charge in [-0.1, -0.05) is 11.8 Å². The standard InChI is InChI=1S/C12H16N4O3S/c1-12(2,3)19-9-7-8(10(18)16(4)15-7)13-11(14-9)20-6-5-17/h5,18H,6H2,1-4H3. The Bertz CT molecular complexity index is 648. The molecule has 0 radical (unpaired) electrons. The summed E-state index contributed by atoms with van der Waals surface area (Å²) in [6.45, 7) is 5.67. The molecule has 8 heteroatoms. The lowest BCUT2D eigenvalue weighted by molar-refractivity contribution is -0.105. The molecule has 0 unspecified atom stereocenters. The van der Waals surface area contributed by atoms with E-state index in [1.807, 2.05) is 20.8 Å². The average molecular weight is 296 g/mol. The molecule has 0 bridgehead atoms. The van der Waals surface area contributed by atoms with Crippen LogP contribution in [0.2, 0.25) is 0 Å². The fraction of sp³-hybridized carbons (Fsp3) is 0.500. The molecular formula is C12H16N4O3S. The van der Waals surface area contributed by atoms with Gasteiger partial charge >= 0.3 is 0 Å². The van der Waals surface area contributed by atoms with Crippen molar-refractivity contribution in [1.82, 2.24) is 19.7 Å². The van der Waals surface area contributed by atoms with E-state index in [-0.39, 0.29) is 11.6 Å². The minimum Gasteiger partial charge on any atom is -0.492 e. The highest BCUT2D eigenvalue weighted by atomic mass is 32.2. The SMILES string of the molecule is Cn1nc2c(OC(C)(C)C)nc(SCC=O)nc2c1O. The zero-order valence-corrected chi connectivity index (χ0v) is 12.6. The number of hydrogen-bond donors (Lipinski definition) is 1. The number of aromatic hydroxyl groups is 1. The minimum atomic E-state index is -0.457. The highest BCUT2D eigenvalue weighted by Gasteiger charge is 2.22. The molecule has 0 aliphatic heterocycles. The minimum absolute atomic E-state index is 0.0610. The molecule has 0 aliphatic rings. The van der Waals surface area contributed by atoms with Gasteiger partial charge < -0.3 is 14.6 Å². The maximum atomic E-state index is 10.5. The monoisotopic (exact) mass is 296 g/mol. The molecular weight excluding hydrogens is 280 g/mol. The predicted octanol–water partition coefficient (Wildman–Crippen LogP) is 1.54. The van der Waals surface area contributed by atoms with Crippen LogP contribution in [0.3, 0.4) is 0 Å². The van der Waals surface area contributed by atoms with Gasteiger partial charge in [0.1, 0.15) is 11.9 Å². The van der Waals surface area contributed by atoms with Crippen LogP contribution in [0.25, 0.3) is 11.0 Å². The predicted molar refractivity (Wildman–Crippen MR) is 75.1 cm³/mol. The summed E-state index contributed by atoms with van der Waals surface area (Å²) in [4.78, 5) is 18.9. The summed E-state index contributed by atoms with van der Waals surface area (Å²) in [6.07, 6.45) is 0.769. The zero-order valence-electron chi connectivity index (χ0n) is 11.7. The van der Waals surface area contributed by atoms with Crippen LogP contribution >= 0.6 is 11.8 Å². The summed E-state index contributed by atoms with van der Waals surface area (Å²) >= 11 is 1.17. The fourth-order valence-electron chi connectivity index (χ4n) is 1.55. The molecule has 0 fully saturated rings. The number of rotatable bonds is 4. The Labute approximate surface area is 120 Å². The number of aldehydes is 1. The summed E-state index contributed by atoms with van der Waals surface area (Å²) < 4.78 is 7.07. The Balaban J connectivity index is 2.56. The second kappa shape index (κ2) is 5.28. The maximum absolute atomic E-state index is 10.5. The van der Waals surface area contributed by atoms with Crippen molar-refractivity contribution >= 4 is 29.1 Å². The summed E-state index contributed by atoms with van der Waals surface area (Å²) in [6, 6.07) is 0. The van der Waals surface area contributed by atoms with Gasteiger partial charge in [-0.2, -0.15) is 10.1 Å². The van der Waals surface area contributed by atoms with Crippen LogP contribution in [-0.4, -0.2) is 42.5 Å². The Morgan fingerprint density at radius 3 is 2.65 bits per heavy atom. The van der Waals surface area contributed by atoms with E-state index >= 15 is 0 Å². The van der Waals surface area contributed by atoms with Gasteiger partial charge in [0.2, 0.25) is 11.8 Å². The summed E-state index contributed by atoms with van der Waals surface area (Å²) in [5.74, 6) is 0.475. The molecule has 0 atom stereocenters. The van der Waals surface area contributed by atoms with E-state index in [1.165, 1.54) is 16.4 Å². The molecule has 2 rings (SSSR count). The number of hydrogen-bond acceptors (Lipinski definition) is 7. The zero-order chi connectivity index (χ0) is 14.9. The largest absolute Gasteiger partial charge is 0.492 e. The first kappa shape index (κ1) is 14.6. The molecule has 0 amide bonds. The van der Waals surface area contributed by atoms with Gasteiger partial charge in [0.25, 0.3) is 0 Å². The molecule has 0 aliphatic carbocycles. The van der Waals surface area contributed by atoms with Crippen molar-refractivity contribution in [2.75, 3.05) is 5.75 Å². The Morgan fingerprint density at radius 1 is 1.35 bits per heavy atom. The number of fused-ring (bicyclic) bond motifs is 1. The van der Waals surface area contributed by atoms with Crippen molar-refractivity contribution in [3.8, 4) is 11.8 Å². The van der Waals surface area contributed by atoms with Crippen LogP contribution < -0.4 is 4.74 Å². The summed E-state index contributed by atoms with van der Waals surface area (Å²) in [5, 5.41) is 14.5. The number of carbonyl (C=O) groups excluding carboxylic acids is 1. The van der Waals surface area contributed by atoms with E-state index in [1.54, 1.807) is 7.05 Å². The van der Waals surface area contributed by atoms with E-state index in [0.29, 0.717) is 22.1 Å². The highest BCUT2D eigenvalue weighted by Crippen LogP contribution is 2.31. The first-order chi connectivity index (χ1) is 9.31. The molecule has 7 nitrogen and oxygen atoms in total. The smallest absolute Gasteiger partial charge is 0.247 e. The van der Waals surface area contributed by atoms with Gasteiger partial charge in [0.15, 0.2) is 16.2 Å². The number of nitrogens with zero attached hydrogens (tertiary/aromatic N) is 4.